The first-order chi connectivity index (χ1) is 4.57. The van der Waals surface area contributed by atoms with Crippen LogP contribution in [0, 0.1) is 5.92 Å². The van der Waals surface area contributed by atoms with Gasteiger partial charge in [-0.15, -0.1) is 0 Å². The molecule has 0 fully saturated rings. The van der Waals surface area contributed by atoms with Crippen LogP contribution in [0.15, 0.2) is 12.7 Å². The standard InChI is InChI=1S/C8H15NO/c1-5-8(10)7(2)6-9(3)4/h5,7H,1,6H2,2-4H3. The summed E-state index contributed by atoms with van der Waals surface area (Å²) in [5, 5.41) is 0. The average molecular weight is 141 g/mol. The van der Waals surface area contributed by atoms with Crippen LogP contribution in [-0.2, 0) is 4.79 Å². The molecule has 0 amide bonds. The number of ketones is 1. The van der Waals surface area contributed by atoms with Crippen LogP contribution in [0.2, 0.25) is 0 Å². The highest BCUT2D eigenvalue weighted by Crippen LogP contribution is 1.98. The van der Waals surface area contributed by atoms with Crippen LogP contribution in [0.1, 0.15) is 6.92 Å². The van der Waals surface area contributed by atoms with Gasteiger partial charge >= 0.3 is 0 Å². The average Bonchev–Trinajstić information content (AvgIpc) is 1.85. The summed E-state index contributed by atoms with van der Waals surface area (Å²) in [7, 11) is 3.90. The second-order valence-corrected chi connectivity index (χ2v) is 2.77. The summed E-state index contributed by atoms with van der Waals surface area (Å²) in [6.07, 6.45) is 1.38. The maximum absolute atomic E-state index is 10.9. The van der Waals surface area contributed by atoms with Crippen molar-refractivity contribution in [2.75, 3.05) is 20.6 Å². The van der Waals surface area contributed by atoms with Gasteiger partial charge in [0.2, 0.25) is 0 Å². The Balaban J connectivity index is 3.72. The van der Waals surface area contributed by atoms with E-state index < -0.39 is 0 Å². The van der Waals surface area contributed by atoms with Crippen molar-refractivity contribution in [3.63, 3.8) is 0 Å². The van der Waals surface area contributed by atoms with Gasteiger partial charge in [0.15, 0.2) is 5.78 Å². The van der Waals surface area contributed by atoms with Gasteiger partial charge in [-0.2, -0.15) is 0 Å². The smallest absolute Gasteiger partial charge is 0.159 e. The minimum Gasteiger partial charge on any atom is -0.309 e. The highest BCUT2D eigenvalue weighted by molar-refractivity contribution is 5.91. The Morgan fingerprint density at radius 1 is 1.70 bits per heavy atom. The van der Waals surface area contributed by atoms with Gasteiger partial charge in [0.1, 0.15) is 0 Å². The number of nitrogens with zero attached hydrogens (tertiary/aromatic N) is 1. The van der Waals surface area contributed by atoms with Gasteiger partial charge < -0.3 is 4.90 Å². The van der Waals surface area contributed by atoms with Crippen molar-refractivity contribution in [1.82, 2.24) is 4.90 Å². The van der Waals surface area contributed by atoms with E-state index in [2.05, 4.69) is 6.58 Å². The van der Waals surface area contributed by atoms with E-state index in [1.54, 1.807) is 0 Å². The monoisotopic (exact) mass is 141 g/mol. The molecule has 0 aliphatic rings. The minimum atomic E-state index is 0.0764. The van der Waals surface area contributed by atoms with Crippen molar-refractivity contribution >= 4 is 5.78 Å². The van der Waals surface area contributed by atoms with Crippen molar-refractivity contribution in [1.29, 1.82) is 0 Å². The third kappa shape index (κ3) is 3.41. The molecule has 2 nitrogen and oxygen atoms in total. The van der Waals surface area contributed by atoms with Crippen LogP contribution in [0.5, 0.6) is 0 Å². The third-order valence-corrected chi connectivity index (χ3v) is 1.33. The van der Waals surface area contributed by atoms with E-state index in [1.807, 2.05) is 25.9 Å². The van der Waals surface area contributed by atoms with Crippen molar-refractivity contribution in [3.8, 4) is 0 Å². The van der Waals surface area contributed by atoms with Crippen LogP contribution in [0.4, 0.5) is 0 Å². The Morgan fingerprint density at radius 2 is 2.20 bits per heavy atom. The molecule has 0 rings (SSSR count). The van der Waals surface area contributed by atoms with E-state index in [9.17, 15) is 4.79 Å². The molecule has 1 unspecified atom stereocenters. The van der Waals surface area contributed by atoms with Gasteiger partial charge in [-0.05, 0) is 20.2 Å². The van der Waals surface area contributed by atoms with Gasteiger partial charge in [0, 0.05) is 12.5 Å². The zero-order chi connectivity index (χ0) is 8.15. The molecule has 2 heteroatoms. The number of carbonyl (C=O) groups excluding carboxylic acids is 1. The van der Waals surface area contributed by atoms with Gasteiger partial charge in [-0.1, -0.05) is 13.5 Å². The maximum Gasteiger partial charge on any atom is 0.159 e. The molecule has 58 valence electrons. The predicted molar refractivity (Wildman–Crippen MR) is 42.9 cm³/mol. The fraction of sp³-hybridized carbons (Fsp3) is 0.625. The van der Waals surface area contributed by atoms with Crippen molar-refractivity contribution in [3.05, 3.63) is 12.7 Å². The van der Waals surface area contributed by atoms with E-state index >= 15 is 0 Å². The zero-order valence-electron chi connectivity index (χ0n) is 6.92. The second kappa shape index (κ2) is 4.23. The van der Waals surface area contributed by atoms with Gasteiger partial charge in [-0.3, -0.25) is 4.79 Å². The van der Waals surface area contributed by atoms with Crippen molar-refractivity contribution in [2.45, 2.75) is 6.92 Å². The van der Waals surface area contributed by atoms with Crippen LogP contribution >= 0.6 is 0 Å². The third-order valence-electron chi connectivity index (χ3n) is 1.33. The molecule has 0 aromatic heterocycles. The molecular formula is C8H15NO. The number of allylic oxidation sites excluding steroid dienone is 1. The summed E-state index contributed by atoms with van der Waals surface area (Å²) in [5.41, 5.74) is 0. The lowest BCUT2D eigenvalue weighted by atomic mass is 10.1. The first kappa shape index (κ1) is 9.37. The Morgan fingerprint density at radius 3 is 2.50 bits per heavy atom. The molecule has 0 N–H and O–H groups in total. The Labute approximate surface area is 62.5 Å². The maximum atomic E-state index is 10.9. The van der Waals surface area contributed by atoms with E-state index in [0.717, 1.165) is 6.54 Å². The summed E-state index contributed by atoms with van der Waals surface area (Å²) in [4.78, 5) is 12.9. The number of carbonyl (C=O) groups is 1. The summed E-state index contributed by atoms with van der Waals surface area (Å²) < 4.78 is 0. The van der Waals surface area contributed by atoms with Crippen LogP contribution in [0.25, 0.3) is 0 Å². The van der Waals surface area contributed by atoms with E-state index in [4.69, 9.17) is 0 Å². The van der Waals surface area contributed by atoms with E-state index in [0.29, 0.717) is 0 Å². The van der Waals surface area contributed by atoms with Crippen molar-refractivity contribution in [2.24, 2.45) is 5.92 Å². The number of hydrogen-bond acceptors (Lipinski definition) is 2. The van der Waals surface area contributed by atoms with Gasteiger partial charge in [0.25, 0.3) is 0 Å². The summed E-state index contributed by atoms with van der Waals surface area (Å²) >= 11 is 0. The largest absolute Gasteiger partial charge is 0.309 e. The zero-order valence-corrected chi connectivity index (χ0v) is 6.92. The van der Waals surface area contributed by atoms with Crippen LogP contribution in [0.3, 0.4) is 0 Å². The Bertz CT molecular complexity index is 129. The molecular weight excluding hydrogens is 126 g/mol. The molecule has 0 aromatic rings. The Hall–Kier alpha value is -0.630. The van der Waals surface area contributed by atoms with Gasteiger partial charge in [0.05, 0.1) is 0 Å². The summed E-state index contributed by atoms with van der Waals surface area (Å²) in [6.45, 7) is 6.12. The molecule has 0 saturated carbocycles. The van der Waals surface area contributed by atoms with E-state index in [1.165, 1.54) is 6.08 Å². The topological polar surface area (TPSA) is 20.3 Å². The summed E-state index contributed by atoms with van der Waals surface area (Å²) in [5.74, 6) is 0.196. The predicted octanol–water partition coefficient (Wildman–Crippen LogP) is 0.939. The second-order valence-electron chi connectivity index (χ2n) is 2.77. The molecule has 0 aliphatic heterocycles. The number of hydrogen-bond donors (Lipinski definition) is 0. The molecule has 0 heterocycles. The molecule has 0 aliphatic carbocycles. The SMILES string of the molecule is C=CC(=O)C(C)CN(C)C. The molecule has 10 heavy (non-hydrogen) atoms. The molecule has 0 bridgehead atoms. The summed E-state index contributed by atoms with van der Waals surface area (Å²) in [6, 6.07) is 0. The molecule has 0 radical (unpaired) electrons. The first-order valence-electron chi connectivity index (χ1n) is 3.39. The number of rotatable bonds is 4. The normalized spacial score (nSPS) is 13.2. The fourth-order valence-electron chi connectivity index (χ4n) is 0.839. The molecule has 0 aromatic carbocycles. The highest BCUT2D eigenvalue weighted by Gasteiger charge is 2.08. The minimum absolute atomic E-state index is 0.0764. The molecule has 0 spiro atoms. The van der Waals surface area contributed by atoms with Crippen molar-refractivity contribution < 1.29 is 4.79 Å². The van der Waals surface area contributed by atoms with Crippen LogP contribution < -0.4 is 0 Å². The first-order valence-corrected chi connectivity index (χ1v) is 3.39. The quantitative estimate of drug-likeness (QED) is 0.543. The fourth-order valence-corrected chi connectivity index (χ4v) is 0.839. The lowest BCUT2D eigenvalue weighted by Gasteiger charge is -2.13. The van der Waals surface area contributed by atoms with Crippen LogP contribution in [-0.4, -0.2) is 31.3 Å². The Kier molecular flexibility index (Phi) is 3.96. The van der Waals surface area contributed by atoms with E-state index in [-0.39, 0.29) is 11.7 Å². The lowest BCUT2D eigenvalue weighted by Crippen LogP contribution is -2.24. The molecule has 0 saturated heterocycles. The lowest BCUT2D eigenvalue weighted by molar-refractivity contribution is -0.118. The van der Waals surface area contributed by atoms with Gasteiger partial charge in [-0.25, -0.2) is 0 Å². The molecule has 1 atom stereocenters. The highest BCUT2D eigenvalue weighted by atomic mass is 16.1.